The van der Waals surface area contributed by atoms with Crippen molar-refractivity contribution in [3.63, 3.8) is 0 Å². The fourth-order valence-corrected chi connectivity index (χ4v) is 2.53. The number of ether oxygens (including phenoxy) is 2. The molecule has 0 saturated carbocycles. The van der Waals surface area contributed by atoms with E-state index < -0.39 is 0 Å². The Morgan fingerprint density at radius 1 is 0.941 bits per heavy atom. The summed E-state index contributed by atoms with van der Waals surface area (Å²) in [4.78, 5) is 0. The zero-order valence-electron chi connectivity index (χ0n) is 10.8. The summed E-state index contributed by atoms with van der Waals surface area (Å²) >= 11 is 2.44. The predicted octanol–water partition coefficient (Wildman–Crippen LogP) is 2.77. The van der Waals surface area contributed by atoms with Crippen molar-refractivity contribution in [3.8, 4) is 0 Å². The van der Waals surface area contributed by atoms with Crippen molar-refractivity contribution in [2.45, 2.75) is 44.6 Å². The van der Waals surface area contributed by atoms with Gasteiger partial charge in [0.25, 0.3) is 0 Å². The minimum Gasteiger partial charge on any atom is -0.379 e. The molecule has 0 bridgehead atoms. The molecule has 0 atom stereocenters. The third-order valence-corrected chi connectivity index (χ3v) is 3.80. The van der Waals surface area contributed by atoms with Crippen LogP contribution >= 0.6 is 22.6 Å². The fraction of sp³-hybridized carbons (Fsp3) is 1.00. The Hall–Kier alpha value is 0.610. The van der Waals surface area contributed by atoms with Crippen molar-refractivity contribution in [3.05, 3.63) is 0 Å². The Bertz CT molecular complexity index is 163. The molecule has 1 aliphatic heterocycles. The van der Waals surface area contributed by atoms with E-state index in [1.54, 1.807) is 0 Å². The zero-order chi connectivity index (χ0) is 12.2. The Kier molecular flexibility index (Phi) is 10.8. The minimum absolute atomic E-state index is 0.462. The van der Waals surface area contributed by atoms with E-state index in [-0.39, 0.29) is 0 Å². The second-order valence-electron chi connectivity index (χ2n) is 4.54. The SMILES string of the molecule is ICCCCCCOCCOC1CCNCC1. The first kappa shape index (κ1) is 15.7. The monoisotopic (exact) mass is 355 g/mol. The number of hydrogen-bond acceptors (Lipinski definition) is 3. The average Bonchev–Trinajstić information content (AvgIpc) is 2.38. The summed E-state index contributed by atoms with van der Waals surface area (Å²) < 4.78 is 12.6. The molecule has 1 N–H and O–H groups in total. The first-order valence-corrected chi connectivity index (χ1v) is 8.42. The van der Waals surface area contributed by atoms with Gasteiger partial charge in [0.05, 0.1) is 19.3 Å². The Morgan fingerprint density at radius 3 is 2.47 bits per heavy atom. The highest BCUT2D eigenvalue weighted by molar-refractivity contribution is 14.1. The van der Waals surface area contributed by atoms with Crippen LogP contribution in [0.2, 0.25) is 0 Å². The van der Waals surface area contributed by atoms with Crippen LogP contribution < -0.4 is 5.32 Å². The van der Waals surface area contributed by atoms with Gasteiger partial charge >= 0.3 is 0 Å². The molecule has 1 heterocycles. The fourth-order valence-electron chi connectivity index (χ4n) is 1.99. The summed E-state index contributed by atoms with van der Waals surface area (Å²) in [7, 11) is 0. The van der Waals surface area contributed by atoms with Crippen LogP contribution in [0, 0.1) is 0 Å². The van der Waals surface area contributed by atoms with E-state index in [0.717, 1.165) is 45.8 Å². The predicted molar refractivity (Wildman–Crippen MR) is 80.0 cm³/mol. The molecule has 102 valence electrons. The molecule has 1 saturated heterocycles. The second-order valence-corrected chi connectivity index (χ2v) is 5.61. The number of hydrogen-bond donors (Lipinski definition) is 1. The molecule has 0 aromatic carbocycles. The standard InChI is InChI=1S/C13H26INO2/c14-7-3-1-2-4-10-16-11-12-17-13-5-8-15-9-6-13/h13,15H,1-12H2. The van der Waals surface area contributed by atoms with E-state index >= 15 is 0 Å². The lowest BCUT2D eigenvalue weighted by Crippen LogP contribution is -2.33. The van der Waals surface area contributed by atoms with E-state index in [1.807, 2.05) is 0 Å². The van der Waals surface area contributed by atoms with Crippen LogP contribution in [-0.4, -0.2) is 43.4 Å². The van der Waals surface area contributed by atoms with Gasteiger partial charge in [-0.15, -0.1) is 0 Å². The van der Waals surface area contributed by atoms with E-state index in [0.29, 0.717) is 6.10 Å². The van der Waals surface area contributed by atoms with Crippen LogP contribution in [-0.2, 0) is 9.47 Å². The van der Waals surface area contributed by atoms with Gasteiger partial charge in [-0.2, -0.15) is 0 Å². The van der Waals surface area contributed by atoms with Gasteiger partial charge in [-0.25, -0.2) is 0 Å². The zero-order valence-corrected chi connectivity index (χ0v) is 12.9. The summed E-state index contributed by atoms with van der Waals surface area (Å²) in [6.07, 6.45) is 7.95. The van der Waals surface area contributed by atoms with Crippen molar-refractivity contribution in [1.29, 1.82) is 0 Å². The normalized spacial score (nSPS) is 17.5. The van der Waals surface area contributed by atoms with Crippen molar-refractivity contribution in [1.82, 2.24) is 5.32 Å². The molecule has 0 amide bonds. The largest absolute Gasteiger partial charge is 0.379 e. The van der Waals surface area contributed by atoms with Crippen molar-refractivity contribution in [2.24, 2.45) is 0 Å². The maximum absolute atomic E-state index is 5.76. The first-order valence-electron chi connectivity index (χ1n) is 6.89. The minimum atomic E-state index is 0.462. The van der Waals surface area contributed by atoms with Crippen LogP contribution in [0.3, 0.4) is 0 Å². The molecule has 0 aromatic rings. The molecule has 0 unspecified atom stereocenters. The van der Waals surface area contributed by atoms with Gasteiger partial charge in [-0.3, -0.25) is 0 Å². The van der Waals surface area contributed by atoms with Gasteiger partial charge in [0.15, 0.2) is 0 Å². The number of nitrogens with one attached hydrogen (secondary N) is 1. The van der Waals surface area contributed by atoms with Crippen LogP contribution in [0.1, 0.15) is 38.5 Å². The average molecular weight is 355 g/mol. The quantitative estimate of drug-likeness (QED) is 0.371. The molecule has 17 heavy (non-hydrogen) atoms. The van der Waals surface area contributed by atoms with E-state index in [9.17, 15) is 0 Å². The summed E-state index contributed by atoms with van der Waals surface area (Å²) in [5.74, 6) is 0. The maximum Gasteiger partial charge on any atom is 0.0704 e. The lowest BCUT2D eigenvalue weighted by atomic mass is 10.1. The van der Waals surface area contributed by atoms with Crippen molar-refractivity contribution >= 4 is 22.6 Å². The van der Waals surface area contributed by atoms with Crippen LogP contribution in [0.4, 0.5) is 0 Å². The van der Waals surface area contributed by atoms with Crippen molar-refractivity contribution < 1.29 is 9.47 Å². The molecule has 1 fully saturated rings. The molecule has 0 aliphatic carbocycles. The summed E-state index contributed by atoms with van der Waals surface area (Å²) in [5, 5.41) is 3.34. The molecule has 4 heteroatoms. The van der Waals surface area contributed by atoms with Crippen LogP contribution in [0.15, 0.2) is 0 Å². The molecule has 3 nitrogen and oxygen atoms in total. The second kappa shape index (κ2) is 11.7. The van der Waals surface area contributed by atoms with Crippen LogP contribution in [0.25, 0.3) is 0 Å². The maximum atomic E-state index is 5.76. The smallest absolute Gasteiger partial charge is 0.0704 e. The molecular weight excluding hydrogens is 329 g/mol. The van der Waals surface area contributed by atoms with Gasteiger partial charge in [-0.05, 0) is 43.2 Å². The number of halogens is 1. The Balaban J connectivity index is 1.75. The third kappa shape index (κ3) is 9.22. The van der Waals surface area contributed by atoms with Crippen molar-refractivity contribution in [2.75, 3.05) is 37.3 Å². The number of rotatable bonds is 10. The Morgan fingerprint density at radius 2 is 1.71 bits per heavy atom. The van der Waals surface area contributed by atoms with Gasteiger partial charge in [0.1, 0.15) is 0 Å². The molecular formula is C13H26INO2. The van der Waals surface area contributed by atoms with E-state index in [2.05, 4.69) is 27.9 Å². The lowest BCUT2D eigenvalue weighted by Gasteiger charge is -2.22. The highest BCUT2D eigenvalue weighted by atomic mass is 127. The molecule has 0 radical (unpaired) electrons. The highest BCUT2D eigenvalue weighted by Crippen LogP contribution is 2.06. The third-order valence-electron chi connectivity index (χ3n) is 3.04. The van der Waals surface area contributed by atoms with Crippen LogP contribution in [0.5, 0.6) is 0 Å². The summed E-state index contributed by atoms with van der Waals surface area (Å²) in [6, 6.07) is 0. The van der Waals surface area contributed by atoms with E-state index in [4.69, 9.17) is 9.47 Å². The van der Waals surface area contributed by atoms with Gasteiger partial charge in [-0.1, -0.05) is 35.4 Å². The van der Waals surface area contributed by atoms with Gasteiger partial charge in [0.2, 0.25) is 0 Å². The first-order chi connectivity index (χ1) is 8.43. The molecule has 0 spiro atoms. The molecule has 1 aliphatic rings. The Labute approximate surface area is 119 Å². The summed E-state index contributed by atoms with van der Waals surface area (Å²) in [5.41, 5.74) is 0. The van der Waals surface area contributed by atoms with E-state index in [1.165, 1.54) is 30.1 Å². The number of piperidine rings is 1. The number of unbranched alkanes of at least 4 members (excludes halogenated alkanes) is 3. The van der Waals surface area contributed by atoms with Gasteiger partial charge in [0, 0.05) is 6.61 Å². The topological polar surface area (TPSA) is 30.5 Å². The molecule has 0 aromatic heterocycles. The number of alkyl halides is 1. The van der Waals surface area contributed by atoms with Gasteiger partial charge < -0.3 is 14.8 Å². The summed E-state index contributed by atoms with van der Waals surface area (Å²) in [6.45, 7) is 4.62. The highest BCUT2D eigenvalue weighted by Gasteiger charge is 2.12. The lowest BCUT2D eigenvalue weighted by molar-refractivity contribution is -0.00770. The molecule has 1 rings (SSSR count).